The summed E-state index contributed by atoms with van der Waals surface area (Å²) < 4.78 is 9.19. The van der Waals surface area contributed by atoms with Gasteiger partial charge in [0.2, 0.25) is 0 Å². The molecule has 13 heteroatoms. The number of carbonyl (C=O) groups excluding carboxylic acids is 2. The third kappa shape index (κ3) is 4.10. The van der Waals surface area contributed by atoms with Gasteiger partial charge in [0.1, 0.15) is 11.5 Å². The number of aromatic nitrogens is 3. The van der Waals surface area contributed by atoms with E-state index in [2.05, 4.69) is 5.43 Å². The van der Waals surface area contributed by atoms with Crippen LogP contribution in [0.25, 0.3) is 0 Å². The van der Waals surface area contributed by atoms with Crippen LogP contribution in [0.4, 0.5) is 5.69 Å². The van der Waals surface area contributed by atoms with E-state index < -0.39 is 46.5 Å². The van der Waals surface area contributed by atoms with Gasteiger partial charge in [0.15, 0.2) is 0 Å². The quantitative estimate of drug-likeness (QED) is 0.248. The van der Waals surface area contributed by atoms with Crippen molar-refractivity contribution in [1.29, 1.82) is 0 Å². The Morgan fingerprint density at radius 2 is 1.67 bits per heavy atom. The number of carbonyl (C=O) groups is 2. The van der Waals surface area contributed by atoms with E-state index in [1.165, 1.54) is 41.7 Å². The van der Waals surface area contributed by atoms with Crippen molar-refractivity contribution in [2.24, 2.45) is 13.0 Å². The molecule has 4 atom stereocenters. The molecule has 0 bridgehead atoms. The number of methoxy groups -OCH3 is 1. The molecule has 1 aromatic heterocycles. The van der Waals surface area contributed by atoms with E-state index in [9.17, 15) is 19.5 Å². The van der Waals surface area contributed by atoms with Crippen LogP contribution in [0.1, 0.15) is 29.5 Å². The van der Waals surface area contributed by atoms with Crippen LogP contribution in [0.15, 0.2) is 88.0 Å². The van der Waals surface area contributed by atoms with Crippen LogP contribution in [0.3, 0.4) is 0 Å². The van der Waals surface area contributed by atoms with Gasteiger partial charge in [-0.3, -0.25) is 15.0 Å². The lowest BCUT2D eigenvalue weighted by atomic mass is 9.53. The summed E-state index contributed by atoms with van der Waals surface area (Å²) in [7, 11) is 2.95. The summed E-state index contributed by atoms with van der Waals surface area (Å²) in [6.07, 6.45) is 1.93. The number of halogens is 2. The lowest BCUT2D eigenvalue weighted by molar-refractivity contribution is -0.138. The molecule has 3 aliphatic rings. The Morgan fingerprint density at radius 3 is 2.33 bits per heavy atom. The largest absolute Gasteiger partial charge is 0.508 e. The van der Waals surface area contributed by atoms with Crippen molar-refractivity contribution in [3.63, 3.8) is 0 Å². The van der Waals surface area contributed by atoms with E-state index >= 15 is 4.79 Å². The number of amides is 2. The van der Waals surface area contributed by atoms with Crippen molar-refractivity contribution in [3.05, 3.63) is 121 Å². The number of nitrogens with zero attached hydrogens (tertiary/aromatic N) is 4. The van der Waals surface area contributed by atoms with Crippen molar-refractivity contribution >= 4 is 40.7 Å². The van der Waals surface area contributed by atoms with Crippen LogP contribution < -0.4 is 21.5 Å². The van der Waals surface area contributed by atoms with Crippen LogP contribution in [-0.4, -0.2) is 43.0 Å². The Bertz CT molecular complexity index is 2030. The number of hydrogen-bond donors (Lipinski definition) is 2. The highest BCUT2D eigenvalue weighted by Gasteiger charge is 2.68. The van der Waals surface area contributed by atoms with Gasteiger partial charge < -0.3 is 9.84 Å². The summed E-state index contributed by atoms with van der Waals surface area (Å²) >= 11 is 12.6. The fourth-order valence-corrected chi connectivity index (χ4v) is 7.71. The second-order valence-corrected chi connectivity index (χ2v) is 12.2. The van der Waals surface area contributed by atoms with Crippen molar-refractivity contribution in [1.82, 2.24) is 18.9 Å². The summed E-state index contributed by atoms with van der Waals surface area (Å²) in [5.41, 5.74) is 2.70. The molecule has 1 saturated heterocycles. The zero-order valence-corrected chi connectivity index (χ0v) is 25.6. The number of benzene rings is 3. The van der Waals surface area contributed by atoms with E-state index in [4.69, 9.17) is 27.9 Å². The Labute approximate surface area is 266 Å². The molecule has 0 spiro atoms. The predicted octanol–water partition coefficient (Wildman–Crippen LogP) is 3.99. The zero-order chi connectivity index (χ0) is 31.8. The summed E-state index contributed by atoms with van der Waals surface area (Å²) in [5.74, 6) is -2.19. The number of phenolic OH excluding ortho intramolecular Hbond substituents is 1. The van der Waals surface area contributed by atoms with Gasteiger partial charge in [-0.15, -0.1) is 0 Å². The fourth-order valence-electron chi connectivity index (χ4n) is 7.26. The molecule has 2 N–H and O–H groups in total. The molecule has 11 nitrogen and oxygen atoms in total. The molecule has 0 radical (unpaired) electrons. The highest BCUT2D eigenvalue weighted by atomic mass is 35.5. The van der Waals surface area contributed by atoms with Crippen LogP contribution >= 0.6 is 23.2 Å². The zero-order valence-electron chi connectivity index (χ0n) is 24.1. The number of phenols is 1. The third-order valence-electron chi connectivity index (χ3n) is 9.26. The minimum absolute atomic E-state index is 0.0291. The van der Waals surface area contributed by atoms with E-state index in [1.54, 1.807) is 48.5 Å². The van der Waals surface area contributed by atoms with Crippen molar-refractivity contribution in [3.8, 4) is 11.5 Å². The van der Waals surface area contributed by atoms with E-state index in [-0.39, 0.29) is 23.7 Å². The minimum atomic E-state index is -1.49. The number of allylic oxidation sites excluding steroid dienone is 2. The number of aromatic hydroxyl groups is 1. The van der Waals surface area contributed by atoms with Gasteiger partial charge in [-0.2, -0.15) is 5.01 Å². The average Bonchev–Trinajstić information content (AvgIpc) is 3.39. The number of fused-ring (bicyclic) bond motifs is 4. The first-order valence-electron chi connectivity index (χ1n) is 14.2. The smallest absolute Gasteiger partial charge is 0.347 e. The maximum atomic E-state index is 15.0. The molecule has 3 heterocycles. The molecule has 3 aromatic carbocycles. The van der Waals surface area contributed by atoms with Crippen LogP contribution in [0.5, 0.6) is 11.5 Å². The Hall–Kier alpha value is -4.74. The predicted molar refractivity (Wildman–Crippen MR) is 167 cm³/mol. The topological polar surface area (TPSA) is 128 Å². The van der Waals surface area contributed by atoms with Gasteiger partial charge >= 0.3 is 11.4 Å². The van der Waals surface area contributed by atoms with Crippen molar-refractivity contribution in [2.45, 2.75) is 30.3 Å². The maximum Gasteiger partial charge on any atom is 0.347 e. The lowest BCUT2D eigenvalue weighted by Crippen LogP contribution is -2.53. The molecular formula is C32H27Cl2N5O6. The minimum Gasteiger partial charge on any atom is -0.508 e. The molecule has 2 amide bonds. The summed E-state index contributed by atoms with van der Waals surface area (Å²) in [4.78, 5) is 56.0. The van der Waals surface area contributed by atoms with Crippen LogP contribution in [0.2, 0.25) is 10.0 Å². The lowest BCUT2D eigenvalue weighted by Gasteiger charge is -2.49. The second-order valence-electron chi connectivity index (χ2n) is 11.4. The van der Waals surface area contributed by atoms with Crippen molar-refractivity contribution in [2.75, 3.05) is 12.5 Å². The van der Waals surface area contributed by atoms with Gasteiger partial charge in [0.05, 0.1) is 41.7 Å². The van der Waals surface area contributed by atoms with Crippen LogP contribution in [0, 0.1) is 5.92 Å². The molecule has 0 unspecified atom stereocenters. The highest BCUT2D eigenvalue weighted by Crippen LogP contribution is 2.62. The number of hydrazine groups is 1. The number of nitrogens with one attached hydrogen (secondary N) is 1. The number of ether oxygens (including phenoxy) is 1. The van der Waals surface area contributed by atoms with Gasteiger partial charge in [-0.25, -0.2) is 23.5 Å². The summed E-state index contributed by atoms with van der Waals surface area (Å²) in [6, 6.07) is 17.5. The van der Waals surface area contributed by atoms with Crippen LogP contribution in [-0.2, 0) is 28.6 Å². The number of hydrogen-bond acceptors (Lipinski definition) is 7. The normalized spacial score (nSPS) is 23.7. The van der Waals surface area contributed by atoms with E-state index in [0.29, 0.717) is 33.2 Å². The molecule has 45 heavy (non-hydrogen) atoms. The molecule has 2 fully saturated rings. The van der Waals surface area contributed by atoms with Gasteiger partial charge in [-0.05, 0) is 65.6 Å². The summed E-state index contributed by atoms with van der Waals surface area (Å²) in [5, 5.41) is 11.8. The monoisotopic (exact) mass is 647 g/mol. The van der Waals surface area contributed by atoms with Crippen molar-refractivity contribution < 1.29 is 19.4 Å². The molecule has 7 rings (SSSR count). The fraction of sp³-hybridized carbons (Fsp3) is 0.250. The first kappa shape index (κ1) is 29.0. The molecular weight excluding hydrogens is 621 g/mol. The standard InChI is InChI=1S/C32H27Cl2N5O6/c1-36-30(43)37-14-13-22-26(39(37)31(36)44)16-23-28(41)38(35-25-12-7-19(33)15-24(25)34)29(42)32(23,18-5-10-21(45-2)11-6-18)27(22)17-3-8-20(40)9-4-17/h3-13,15,23,26-27,35,40H,14,16H2,1-2H3/t23-,26+,27-,32+/m0/s1. The molecule has 4 aromatic rings. The highest BCUT2D eigenvalue weighted by molar-refractivity contribution is 6.36. The number of imide groups is 1. The van der Waals surface area contributed by atoms with Gasteiger partial charge in [-0.1, -0.05) is 53.5 Å². The first-order chi connectivity index (χ1) is 21.6. The molecule has 1 aliphatic carbocycles. The van der Waals surface area contributed by atoms with Gasteiger partial charge in [0, 0.05) is 18.0 Å². The second kappa shape index (κ2) is 10.4. The summed E-state index contributed by atoms with van der Waals surface area (Å²) in [6.45, 7) is 0.100. The molecule has 2 aliphatic heterocycles. The van der Waals surface area contributed by atoms with Gasteiger partial charge in [0.25, 0.3) is 11.8 Å². The average molecular weight is 649 g/mol. The SMILES string of the molecule is COc1ccc([C@@]23C(=O)N(Nc4ccc(Cl)cc4Cl)C(=O)[C@@H]2C[C@@H]2C(=CCn4c(=O)n(C)c(=O)n42)[C@@H]3c2ccc(O)cc2)cc1. The first-order valence-corrected chi connectivity index (χ1v) is 14.9. The maximum absolute atomic E-state index is 15.0. The Balaban J connectivity index is 1.50. The molecule has 230 valence electrons. The molecule has 1 saturated carbocycles. The Kier molecular flexibility index (Phi) is 6.72. The van der Waals surface area contributed by atoms with E-state index in [1.807, 2.05) is 6.08 Å². The third-order valence-corrected chi connectivity index (χ3v) is 9.81. The number of rotatable bonds is 5. The van der Waals surface area contributed by atoms with E-state index in [0.717, 1.165) is 9.58 Å². The Morgan fingerprint density at radius 1 is 0.956 bits per heavy atom. The number of anilines is 1.